The third-order valence-corrected chi connectivity index (χ3v) is 3.53. The van der Waals surface area contributed by atoms with E-state index in [1.54, 1.807) is 0 Å². The van der Waals surface area contributed by atoms with Crippen LogP contribution in [0, 0.1) is 5.92 Å². The van der Waals surface area contributed by atoms with Gasteiger partial charge >= 0.3 is 0 Å². The molecule has 21 heavy (non-hydrogen) atoms. The van der Waals surface area contributed by atoms with Crippen molar-refractivity contribution >= 4 is 0 Å². The first-order chi connectivity index (χ1) is 10.1. The summed E-state index contributed by atoms with van der Waals surface area (Å²) in [4.78, 5) is 2.27. The topological polar surface area (TPSA) is 41.9 Å². The van der Waals surface area contributed by atoms with Crippen LogP contribution in [0.4, 0.5) is 0 Å². The Morgan fingerprint density at radius 1 is 1.29 bits per heavy atom. The Labute approximate surface area is 127 Å². The molecule has 1 saturated heterocycles. The van der Waals surface area contributed by atoms with Crippen molar-refractivity contribution in [1.29, 1.82) is 0 Å². The molecule has 0 amide bonds. The largest absolute Gasteiger partial charge is 0.490 e. The van der Waals surface area contributed by atoms with Gasteiger partial charge in [0.25, 0.3) is 0 Å². The van der Waals surface area contributed by atoms with Crippen LogP contribution in [0.3, 0.4) is 0 Å². The van der Waals surface area contributed by atoms with Crippen LogP contribution in [0.5, 0.6) is 11.5 Å². The van der Waals surface area contributed by atoms with E-state index in [9.17, 15) is 5.11 Å². The molecule has 0 unspecified atom stereocenters. The third-order valence-electron chi connectivity index (χ3n) is 3.53. The molecule has 0 bridgehead atoms. The summed E-state index contributed by atoms with van der Waals surface area (Å²) in [6.07, 6.45) is 0.693. The molecule has 1 aromatic rings. The van der Waals surface area contributed by atoms with Gasteiger partial charge in [-0.05, 0) is 37.0 Å². The maximum absolute atomic E-state index is 9.60. The number of nitrogens with zero attached hydrogens (tertiary/aromatic N) is 1. The van der Waals surface area contributed by atoms with Gasteiger partial charge in [-0.25, -0.2) is 0 Å². The first-order valence-electron chi connectivity index (χ1n) is 7.87. The van der Waals surface area contributed by atoms with E-state index in [4.69, 9.17) is 9.47 Å². The van der Waals surface area contributed by atoms with E-state index in [1.165, 1.54) is 5.56 Å². The molecule has 4 nitrogen and oxygen atoms in total. The van der Waals surface area contributed by atoms with Gasteiger partial charge in [0.05, 0.1) is 19.3 Å². The zero-order valence-corrected chi connectivity index (χ0v) is 13.3. The fraction of sp³-hybridized carbons (Fsp3) is 0.647. The van der Waals surface area contributed by atoms with Gasteiger partial charge in [-0.1, -0.05) is 19.9 Å². The molecular formula is C17H27NO3. The Balaban J connectivity index is 2.04. The molecule has 1 aliphatic heterocycles. The lowest BCUT2D eigenvalue weighted by Crippen LogP contribution is -2.21. The van der Waals surface area contributed by atoms with Crippen LogP contribution < -0.4 is 9.47 Å². The molecule has 0 radical (unpaired) electrons. The molecule has 118 valence electrons. The fourth-order valence-corrected chi connectivity index (χ4v) is 2.51. The second-order valence-corrected chi connectivity index (χ2v) is 6.10. The van der Waals surface area contributed by atoms with E-state index in [1.807, 2.05) is 13.0 Å². The standard InChI is InChI=1S/C17H27NO3/c1-4-20-17-9-14(10-18-8-7-15(19)11-18)5-6-16(17)21-12-13(2)3/h5-6,9,13,15,19H,4,7-8,10-12H2,1-3H3/t15-/m0/s1. The van der Waals surface area contributed by atoms with Gasteiger partial charge in [0.1, 0.15) is 0 Å². The monoisotopic (exact) mass is 293 g/mol. The van der Waals surface area contributed by atoms with Crippen LogP contribution in [-0.4, -0.2) is 42.4 Å². The molecule has 0 aliphatic carbocycles. The maximum atomic E-state index is 9.60. The molecule has 1 heterocycles. The molecule has 1 atom stereocenters. The minimum absolute atomic E-state index is 0.176. The second kappa shape index (κ2) is 7.66. The quantitative estimate of drug-likeness (QED) is 0.839. The van der Waals surface area contributed by atoms with Crippen molar-refractivity contribution in [2.24, 2.45) is 5.92 Å². The van der Waals surface area contributed by atoms with Crippen molar-refractivity contribution < 1.29 is 14.6 Å². The van der Waals surface area contributed by atoms with Gasteiger partial charge in [0, 0.05) is 19.6 Å². The number of ether oxygens (including phenoxy) is 2. The van der Waals surface area contributed by atoms with Gasteiger partial charge in [-0.3, -0.25) is 4.90 Å². The predicted molar refractivity (Wildman–Crippen MR) is 83.8 cm³/mol. The van der Waals surface area contributed by atoms with Crippen molar-refractivity contribution in [1.82, 2.24) is 4.90 Å². The van der Waals surface area contributed by atoms with E-state index < -0.39 is 0 Å². The lowest BCUT2D eigenvalue weighted by molar-refractivity contribution is 0.174. The van der Waals surface area contributed by atoms with Crippen molar-refractivity contribution in [2.45, 2.75) is 39.8 Å². The average molecular weight is 293 g/mol. The number of hydrogen-bond donors (Lipinski definition) is 1. The highest BCUT2D eigenvalue weighted by Crippen LogP contribution is 2.29. The number of β-amino-alcohol motifs (C(OH)–C–C–N with tert-alkyl or cyclic N) is 1. The number of rotatable bonds is 7. The van der Waals surface area contributed by atoms with Crippen LogP contribution >= 0.6 is 0 Å². The molecular weight excluding hydrogens is 266 g/mol. The Morgan fingerprint density at radius 3 is 2.71 bits per heavy atom. The van der Waals surface area contributed by atoms with Crippen molar-refractivity contribution in [3.8, 4) is 11.5 Å². The highest BCUT2D eigenvalue weighted by atomic mass is 16.5. The lowest BCUT2D eigenvalue weighted by Gasteiger charge is -2.18. The minimum atomic E-state index is -0.176. The zero-order valence-electron chi connectivity index (χ0n) is 13.3. The summed E-state index contributed by atoms with van der Waals surface area (Å²) in [6, 6.07) is 6.14. The van der Waals surface area contributed by atoms with Crippen LogP contribution in [0.25, 0.3) is 0 Å². The number of aliphatic hydroxyl groups is 1. The van der Waals surface area contributed by atoms with Gasteiger partial charge < -0.3 is 14.6 Å². The number of aliphatic hydroxyl groups excluding tert-OH is 1. The number of hydrogen-bond acceptors (Lipinski definition) is 4. The van der Waals surface area contributed by atoms with Crippen LogP contribution in [0.2, 0.25) is 0 Å². The summed E-state index contributed by atoms with van der Waals surface area (Å²) >= 11 is 0. The molecule has 1 aromatic carbocycles. The first kappa shape index (κ1) is 16.1. The Morgan fingerprint density at radius 2 is 2.10 bits per heavy atom. The van der Waals surface area contributed by atoms with E-state index >= 15 is 0 Å². The smallest absolute Gasteiger partial charge is 0.161 e. The Hall–Kier alpha value is -1.26. The Kier molecular flexibility index (Phi) is 5.88. The maximum Gasteiger partial charge on any atom is 0.161 e. The summed E-state index contributed by atoms with van der Waals surface area (Å²) in [5.41, 5.74) is 1.20. The molecule has 1 aliphatic rings. The van der Waals surface area contributed by atoms with Crippen molar-refractivity contribution in [3.63, 3.8) is 0 Å². The molecule has 4 heteroatoms. The number of benzene rings is 1. The van der Waals surface area contributed by atoms with E-state index in [-0.39, 0.29) is 6.10 Å². The van der Waals surface area contributed by atoms with E-state index in [0.717, 1.165) is 37.6 Å². The molecule has 1 N–H and O–H groups in total. The van der Waals surface area contributed by atoms with E-state index in [2.05, 4.69) is 30.9 Å². The van der Waals surface area contributed by atoms with Crippen molar-refractivity contribution in [3.05, 3.63) is 23.8 Å². The summed E-state index contributed by atoms with van der Waals surface area (Å²) < 4.78 is 11.5. The first-order valence-corrected chi connectivity index (χ1v) is 7.87. The molecule has 0 saturated carbocycles. The third kappa shape index (κ3) is 4.90. The molecule has 2 rings (SSSR count). The fourth-order valence-electron chi connectivity index (χ4n) is 2.51. The summed E-state index contributed by atoms with van der Waals surface area (Å²) in [5, 5.41) is 9.60. The van der Waals surface area contributed by atoms with Gasteiger partial charge in [-0.15, -0.1) is 0 Å². The highest BCUT2D eigenvalue weighted by Gasteiger charge is 2.20. The molecule has 0 aromatic heterocycles. The lowest BCUT2D eigenvalue weighted by atomic mass is 10.2. The molecule has 0 spiro atoms. The SMILES string of the molecule is CCOc1cc(CN2CC[C@H](O)C2)ccc1OCC(C)C. The van der Waals surface area contributed by atoms with E-state index in [0.29, 0.717) is 19.1 Å². The van der Waals surface area contributed by atoms with Crippen molar-refractivity contribution in [2.75, 3.05) is 26.3 Å². The Bertz CT molecular complexity index is 448. The summed E-state index contributed by atoms with van der Waals surface area (Å²) in [7, 11) is 0. The van der Waals surface area contributed by atoms with Gasteiger partial charge in [0.2, 0.25) is 0 Å². The highest BCUT2D eigenvalue weighted by molar-refractivity contribution is 5.43. The van der Waals surface area contributed by atoms with Crippen LogP contribution in [0.15, 0.2) is 18.2 Å². The summed E-state index contributed by atoms with van der Waals surface area (Å²) in [5.74, 6) is 2.12. The van der Waals surface area contributed by atoms with Gasteiger partial charge in [-0.2, -0.15) is 0 Å². The van der Waals surface area contributed by atoms with Crippen LogP contribution in [-0.2, 0) is 6.54 Å². The zero-order chi connectivity index (χ0) is 15.2. The van der Waals surface area contributed by atoms with Gasteiger partial charge in [0.15, 0.2) is 11.5 Å². The normalized spacial score (nSPS) is 19.2. The molecule has 1 fully saturated rings. The van der Waals surface area contributed by atoms with Crippen LogP contribution in [0.1, 0.15) is 32.8 Å². The minimum Gasteiger partial charge on any atom is -0.490 e. The second-order valence-electron chi connectivity index (χ2n) is 6.10. The average Bonchev–Trinajstić information content (AvgIpc) is 2.83. The number of likely N-dealkylation sites (tertiary alicyclic amines) is 1. The summed E-state index contributed by atoms with van der Waals surface area (Å²) in [6.45, 7) is 10.1. The predicted octanol–water partition coefficient (Wildman–Crippen LogP) is 2.69.